The first-order chi connectivity index (χ1) is 8.22. The lowest BCUT2D eigenvalue weighted by molar-refractivity contribution is 0.385. The first-order valence-corrected chi connectivity index (χ1v) is 5.92. The van der Waals surface area contributed by atoms with E-state index in [4.69, 9.17) is 15.2 Å². The second-order valence-corrected chi connectivity index (χ2v) is 4.50. The van der Waals surface area contributed by atoms with Gasteiger partial charge in [-0.05, 0) is 30.0 Å². The molecule has 1 fully saturated rings. The van der Waals surface area contributed by atoms with Gasteiger partial charge in [-0.1, -0.05) is 0 Å². The number of rotatable bonds is 3. The molecule has 0 saturated carbocycles. The Bertz CT molecular complexity index is 369. The maximum Gasteiger partial charge on any atom is 0.122 e. The highest BCUT2D eigenvalue weighted by atomic mass is 35.5. The van der Waals surface area contributed by atoms with E-state index in [-0.39, 0.29) is 30.9 Å². The molecule has 4 nitrogen and oxygen atoms in total. The number of ether oxygens (including phenoxy) is 2. The van der Waals surface area contributed by atoms with Gasteiger partial charge in [-0.25, -0.2) is 0 Å². The zero-order valence-electron chi connectivity index (χ0n) is 11.2. The molecule has 2 unspecified atom stereocenters. The molecule has 0 radical (unpaired) electrons. The van der Waals surface area contributed by atoms with Crippen LogP contribution in [0.4, 0.5) is 0 Å². The molecule has 1 saturated heterocycles. The molecule has 110 valence electrons. The molecular formula is C13H22Cl2N2O2. The van der Waals surface area contributed by atoms with Crippen LogP contribution in [0.2, 0.25) is 0 Å². The third-order valence-electron chi connectivity index (χ3n) is 3.23. The topological polar surface area (TPSA) is 56.5 Å². The van der Waals surface area contributed by atoms with Crippen LogP contribution >= 0.6 is 24.8 Å². The fraction of sp³-hybridized carbons (Fsp3) is 0.538. The Hall–Kier alpha value is -0.680. The summed E-state index contributed by atoms with van der Waals surface area (Å²) in [4.78, 5) is 0. The molecule has 0 aromatic heterocycles. The van der Waals surface area contributed by atoms with Crippen molar-refractivity contribution in [2.45, 2.75) is 18.4 Å². The van der Waals surface area contributed by atoms with Crippen molar-refractivity contribution in [2.24, 2.45) is 5.73 Å². The zero-order chi connectivity index (χ0) is 12.3. The molecule has 2 atom stereocenters. The number of halogens is 2. The number of methoxy groups -OCH3 is 2. The minimum absolute atomic E-state index is 0. The van der Waals surface area contributed by atoms with Crippen LogP contribution in [0.15, 0.2) is 18.2 Å². The summed E-state index contributed by atoms with van der Waals surface area (Å²) in [6, 6.07) is 6.24. The summed E-state index contributed by atoms with van der Waals surface area (Å²) in [5, 5.41) is 3.35. The molecule has 0 amide bonds. The number of benzene rings is 1. The van der Waals surface area contributed by atoms with Gasteiger partial charge in [0.25, 0.3) is 0 Å². The third kappa shape index (κ3) is 4.73. The smallest absolute Gasteiger partial charge is 0.122 e. The summed E-state index contributed by atoms with van der Waals surface area (Å²) in [5.41, 5.74) is 7.20. The van der Waals surface area contributed by atoms with Crippen molar-refractivity contribution in [3.05, 3.63) is 23.8 Å². The van der Waals surface area contributed by atoms with Crippen LogP contribution in [0.1, 0.15) is 17.9 Å². The lowest BCUT2D eigenvalue weighted by Gasteiger charge is -2.28. The minimum Gasteiger partial charge on any atom is -0.497 e. The number of nitrogens with one attached hydrogen (secondary N) is 1. The molecule has 1 aliphatic rings. The highest BCUT2D eigenvalue weighted by Gasteiger charge is 2.21. The van der Waals surface area contributed by atoms with Crippen molar-refractivity contribution < 1.29 is 9.47 Å². The summed E-state index contributed by atoms with van der Waals surface area (Å²) < 4.78 is 10.6. The number of hydrogen-bond donors (Lipinski definition) is 2. The maximum atomic E-state index is 5.98. The zero-order valence-corrected chi connectivity index (χ0v) is 12.9. The second-order valence-electron chi connectivity index (χ2n) is 4.50. The summed E-state index contributed by atoms with van der Waals surface area (Å²) in [7, 11) is 3.34. The molecule has 0 spiro atoms. The van der Waals surface area contributed by atoms with Crippen LogP contribution in [0.5, 0.6) is 11.5 Å². The van der Waals surface area contributed by atoms with Crippen LogP contribution in [0.25, 0.3) is 0 Å². The van der Waals surface area contributed by atoms with Gasteiger partial charge in [-0.2, -0.15) is 0 Å². The van der Waals surface area contributed by atoms with E-state index in [1.807, 2.05) is 6.07 Å². The molecule has 0 aliphatic carbocycles. The van der Waals surface area contributed by atoms with Crippen LogP contribution in [-0.4, -0.2) is 33.4 Å². The monoisotopic (exact) mass is 308 g/mol. The molecule has 2 rings (SSSR count). The Morgan fingerprint density at radius 2 is 1.63 bits per heavy atom. The van der Waals surface area contributed by atoms with E-state index < -0.39 is 0 Å². The summed E-state index contributed by atoms with van der Waals surface area (Å²) in [6.45, 7) is 1.86. The van der Waals surface area contributed by atoms with E-state index in [1.165, 1.54) is 5.56 Å². The Labute approximate surface area is 126 Å². The largest absolute Gasteiger partial charge is 0.497 e. The van der Waals surface area contributed by atoms with Crippen molar-refractivity contribution in [1.82, 2.24) is 5.32 Å². The number of piperidine rings is 1. The summed E-state index contributed by atoms with van der Waals surface area (Å²) in [6.07, 6.45) is 1.00. The molecule has 1 heterocycles. The van der Waals surface area contributed by atoms with Crippen LogP contribution in [0, 0.1) is 0 Å². The molecule has 1 aromatic rings. The second kappa shape index (κ2) is 8.48. The van der Waals surface area contributed by atoms with Crippen LogP contribution < -0.4 is 20.5 Å². The van der Waals surface area contributed by atoms with Gasteiger partial charge in [0, 0.05) is 25.2 Å². The Morgan fingerprint density at radius 3 is 2.11 bits per heavy atom. The molecule has 0 bridgehead atoms. The van der Waals surface area contributed by atoms with E-state index in [0.29, 0.717) is 5.92 Å². The molecule has 1 aliphatic heterocycles. The van der Waals surface area contributed by atoms with E-state index in [2.05, 4.69) is 17.4 Å². The lowest BCUT2D eigenvalue weighted by atomic mass is 9.89. The van der Waals surface area contributed by atoms with Gasteiger partial charge in [0.15, 0.2) is 0 Å². The molecule has 1 aromatic carbocycles. The van der Waals surface area contributed by atoms with Gasteiger partial charge < -0.3 is 20.5 Å². The van der Waals surface area contributed by atoms with Crippen molar-refractivity contribution in [1.29, 1.82) is 0 Å². The molecular weight excluding hydrogens is 287 g/mol. The maximum absolute atomic E-state index is 5.98. The predicted molar refractivity (Wildman–Crippen MR) is 82.2 cm³/mol. The van der Waals surface area contributed by atoms with Crippen molar-refractivity contribution in [2.75, 3.05) is 27.3 Å². The standard InChI is InChI=1S/C13H20N2O2.2ClH/c1-16-12-4-9(5-13(6-12)17-2)10-3-11(14)8-15-7-10;;/h4-6,10-11,15H,3,7-8,14H2,1-2H3;2*1H. The quantitative estimate of drug-likeness (QED) is 0.896. The van der Waals surface area contributed by atoms with Gasteiger partial charge in [0.2, 0.25) is 0 Å². The van der Waals surface area contributed by atoms with Gasteiger partial charge in [-0.15, -0.1) is 24.8 Å². The third-order valence-corrected chi connectivity index (χ3v) is 3.23. The van der Waals surface area contributed by atoms with Crippen LogP contribution in [-0.2, 0) is 0 Å². The SMILES string of the molecule is COc1cc(OC)cc(C2CNCC(N)C2)c1.Cl.Cl. The first-order valence-electron chi connectivity index (χ1n) is 5.92. The fourth-order valence-corrected chi connectivity index (χ4v) is 2.29. The van der Waals surface area contributed by atoms with E-state index in [1.54, 1.807) is 14.2 Å². The molecule has 6 heteroatoms. The summed E-state index contributed by atoms with van der Waals surface area (Å²) in [5.74, 6) is 2.10. The van der Waals surface area contributed by atoms with Gasteiger partial charge in [0.05, 0.1) is 14.2 Å². The van der Waals surface area contributed by atoms with Crippen molar-refractivity contribution in [3.63, 3.8) is 0 Å². The summed E-state index contributed by atoms with van der Waals surface area (Å²) >= 11 is 0. The number of hydrogen-bond acceptors (Lipinski definition) is 4. The van der Waals surface area contributed by atoms with Gasteiger partial charge >= 0.3 is 0 Å². The van der Waals surface area contributed by atoms with Gasteiger partial charge in [0.1, 0.15) is 11.5 Å². The highest BCUT2D eigenvalue weighted by Crippen LogP contribution is 2.30. The average molecular weight is 309 g/mol. The Morgan fingerprint density at radius 1 is 1.05 bits per heavy atom. The highest BCUT2D eigenvalue weighted by molar-refractivity contribution is 5.85. The predicted octanol–water partition coefficient (Wildman–Crippen LogP) is 1.95. The Kier molecular flexibility index (Phi) is 8.18. The first kappa shape index (κ1) is 18.3. The number of nitrogens with two attached hydrogens (primary N) is 1. The van der Waals surface area contributed by atoms with Crippen LogP contribution in [0.3, 0.4) is 0 Å². The van der Waals surface area contributed by atoms with Crippen molar-refractivity contribution >= 4 is 24.8 Å². The Balaban J connectivity index is 0.00000162. The normalized spacial score (nSPS) is 21.8. The molecule has 19 heavy (non-hydrogen) atoms. The van der Waals surface area contributed by atoms with E-state index >= 15 is 0 Å². The minimum atomic E-state index is 0. The molecule has 3 N–H and O–H groups in total. The lowest BCUT2D eigenvalue weighted by Crippen LogP contribution is -2.43. The fourth-order valence-electron chi connectivity index (χ4n) is 2.29. The van der Waals surface area contributed by atoms with E-state index in [9.17, 15) is 0 Å². The van der Waals surface area contributed by atoms with Gasteiger partial charge in [-0.3, -0.25) is 0 Å². The van der Waals surface area contributed by atoms with E-state index in [0.717, 1.165) is 31.0 Å². The average Bonchev–Trinajstić information content (AvgIpc) is 2.38. The van der Waals surface area contributed by atoms with Crippen molar-refractivity contribution in [3.8, 4) is 11.5 Å².